The molecule has 5 heteroatoms. The third-order valence-corrected chi connectivity index (χ3v) is 2.48. The van der Waals surface area contributed by atoms with Crippen molar-refractivity contribution in [1.82, 2.24) is 9.78 Å². The van der Waals surface area contributed by atoms with E-state index in [9.17, 15) is 9.90 Å². The van der Waals surface area contributed by atoms with Gasteiger partial charge in [-0.15, -0.1) is 0 Å². The highest BCUT2D eigenvalue weighted by Crippen LogP contribution is 2.20. The Kier molecular flexibility index (Phi) is 2.54. The van der Waals surface area contributed by atoms with Gasteiger partial charge in [-0.25, -0.2) is 4.68 Å². The molecule has 3 N–H and O–H groups in total. The first-order valence-electron chi connectivity index (χ1n) is 4.85. The van der Waals surface area contributed by atoms with Crippen LogP contribution in [0.2, 0.25) is 0 Å². The quantitative estimate of drug-likeness (QED) is 0.696. The number of aromatic amines is 1. The molecule has 84 valence electrons. The third kappa shape index (κ3) is 1.51. The van der Waals surface area contributed by atoms with Crippen LogP contribution < -0.4 is 5.56 Å². The second kappa shape index (κ2) is 3.86. The molecule has 1 aromatic carbocycles. The number of para-hydroxylation sites is 1. The molecule has 0 fully saturated rings. The Morgan fingerprint density at radius 2 is 2.06 bits per heavy atom. The number of rotatable bonds is 2. The summed E-state index contributed by atoms with van der Waals surface area (Å²) in [4.78, 5) is 11.4. The Morgan fingerprint density at radius 1 is 1.38 bits per heavy atom. The van der Waals surface area contributed by atoms with E-state index in [1.807, 2.05) is 19.1 Å². The van der Waals surface area contributed by atoms with Crippen molar-refractivity contribution in [3.63, 3.8) is 0 Å². The van der Waals surface area contributed by atoms with E-state index in [4.69, 9.17) is 5.11 Å². The fourth-order valence-corrected chi connectivity index (χ4v) is 1.59. The summed E-state index contributed by atoms with van der Waals surface area (Å²) in [7, 11) is 0. The summed E-state index contributed by atoms with van der Waals surface area (Å²) in [5, 5.41) is 21.2. The van der Waals surface area contributed by atoms with Gasteiger partial charge in [0.25, 0.3) is 5.56 Å². The highest BCUT2D eigenvalue weighted by molar-refractivity contribution is 5.43. The van der Waals surface area contributed by atoms with E-state index in [1.165, 1.54) is 4.68 Å². The predicted octanol–water partition coefficient (Wildman–Crippen LogP) is 0.672. The summed E-state index contributed by atoms with van der Waals surface area (Å²) in [6.07, 6.45) is 0. The van der Waals surface area contributed by atoms with Gasteiger partial charge in [0, 0.05) is 0 Å². The Morgan fingerprint density at radius 3 is 2.62 bits per heavy atom. The third-order valence-electron chi connectivity index (χ3n) is 2.48. The first-order chi connectivity index (χ1) is 7.65. The summed E-state index contributed by atoms with van der Waals surface area (Å²) >= 11 is 0. The van der Waals surface area contributed by atoms with E-state index in [0.717, 1.165) is 5.56 Å². The number of nitrogens with one attached hydrogen (secondary N) is 1. The molecule has 2 rings (SSSR count). The van der Waals surface area contributed by atoms with E-state index < -0.39 is 12.2 Å². The van der Waals surface area contributed by atoms with Crippen molar-refractivity contribution in [1.29, 1.82) is 0 Å². The van der Waals surface area contributed by atoms with Crippen molar-refractivity contribution in [3.05, 3.63) is 45.7 Å². The molecule has 0 saturated heterocycles. The lowest BCUT2D eigenvalue weighted by atomic mass is 10.2. The van der Waals surface area contributed by atoms with Crippen molar-refractivity contribution < 1.29 is 10.2 Å². The minimum atomic E-state index is -0.486. The zero-order valence-corrected chi connectivity index (χ0v) is 8.77. The average molecular weight is 220 g/mol. The monoisotopic (exact) mass is 220 g/mol. The maximum absolute atomic E-state index is 11.4. The summed E-state index contributed by atoms with van der Waals surface area (Å²) in [5.74, 6) is -0.248. The van der Waals surface area contributed by atoms with Gasteiger partial charge >= 0.3 is 0 Å². The summed E-state index contributed by atoms with van der Waals surface area (Å²) in [6, 6.07) is 7.31. The molecule has 0 atom stereocenters. The molecule has 0 bridgehead atoms. The minimum absolute atomic E-state index is 0.0248. The lowest BCUT2D eigenvalue weighted by Crippen LogP contribution is -2.07. The zero-order chi connectivity index (χ0) is 11.7. The minimum Gasteiger partial charge on any atom is -0.493 e. The van der Waals surface area contributed by atoms with Gasteiger partial charge in [0.15, 0.2) is 0 Å². The normalized spacial score (nSPS) is 10.6. The van der Waals surface area contributed by atoms with Crippen LogP contribution in [0.1, 0.15) is 11.1 Å². The molecule has 5 nitrogen and oxygen atoms in total. The summed E-state index contributed by atoms with van der Waals surface area (Å²) in [6.45, 7) is 1.38. The van der Waals surface area contributed by atoms with Gasteiger partial charge in [-0.3, -0.25) is 9.89 Å². The van der Waals surface area contributed by atoms with Crippen LogP contribution in [0.5, 0.6) is 5.88 Å². The van der Waals surface area contributed by atoms with Crippen molar-refractivity contribution in [2.24, 2.45) is 0 Å². The smallest absolute Gasteiger partial charge is 0.273 e. The van der Waals surface area contributed by atoms with E-state index in [-0.39, 0.29) is 11.4 Å². The van der Waals surface area contributed by atoms with Crippen molar-refractivity contribution in [2.75, 3.05) is 0 Å². The Hall–Kier alpha value is -2.01. The number of hydrogen-bond donors (Lipinski definition) is 3. The van der Waals surface area contributed by atoms with Gasteiger partial charge < -0.3 is 10.2 Å². The number of aryl methyl sites for hydroxylation is 1. The molecule has 0 amide bonds. The molecule has 0 aliphatic rings. The van der Waals surface area contributed by atoms with Crippen LogP contribution in [-0.2, 0) is 6.61 Å². The second-order valence-corrected chi connectivity index (χ2v) is 3.52. The molecule has 2 aromatic rings. The summed E-state index contributed by atoms with van der Waals surface area (Å²) < 4.78 is 1.27. The molecule has 16 heavy (non-hydrogen) atoms. The second-order valence-electron chi connectivity index (χ2n) is 3.52. The van der Waals surface area contributed by atoms with Crippen LogP contribution in [0.25, 0.3) is 5.69 Å². The maximum Gasteiger partial charge on any atom is 0.273 e. The van der Waals surface area contributed by atoms with Crippen molar-refractivity contribution in [2.45, 2.75) is 13.5 Å². The number of aliphatic hydroxyl groups excluding tert-OH is 1. The Labute approximate surface area is 91.6 Å². The highest BCUT2D eigenvalue weighted by atomic mass is 16.3. The number of nitrogens with zero attached hydrogens (tertiary/aromatic N) is 1. The summed E-state index contributed by atoms with van der Waals surface area (Å²) in [5.41, 5.74) is 1.08. The van der Waals surface area contributed by atoms with E-state index in [0.29, 0.717) is 5.69 Å². The van der Waals surface area contributed by atoms with E-state index >= 15 is 0 Å². The highest BCUT2D eigenvalue weighted by Gasteiger charge is 2.14. The number of hydrogen-bond acceptors (Lipinski definition) is 3. The maximum atomic E-state index is 11.4. The molecular weight excluding hydrogens is 208 g/mol. The van der Waals surface area contributed by atoms with Gasteiger partial charge in [0.2, 0.25) is 5.88 Å². The molecule has 0 radical (unpaired) electrons. The molecule has 0 aliphatic carbocycles. The van der Waals surface area contributed by atoms with Gasteiger partial charge in [-0.2, -0.15) is 0 Å². The molecule has 0 unspecified atom stereocenters. The number of aromatic nitrogens is 2. The fraction of sp³-hybridized carbons (Fsp3) is 0.182. The lowest BCUT2D eigenvalue weighted by molar-refractivity contribution is 0.273. The number of H-pyrrole nitrogens is 1. The largest absolute Gasteiger partial charge is 0.493 e. The predicted molar refractivity (Wildman–Crippen MR) is 58.7 cm³/mol. The molecule has 0 aliphatic heterocycles. The lowest BCUT2D eigenvalue weighted by Gasteiger charge is -2.07. The van der Waals surface area contributed by atoms with Crippen LogP contribution in [-0.4, -0.2) is 20.0 Å². The molecule has 0 spiro atoms. The standard InChI is InChI=1S/C11H12N2O3/c1-7-4-2-3-5-9(7)13-11(16)8(6-14)10(15)12-13/h2-5,14,16H,6H2,1H3,(H,12,15). The SMILES string of the molecule is Cc1ccccc1-n1[nH]c(=O)c(CO)c1O. The number of aliphatic hydroxyl groups is 1. The van der Waals surface area contributed by atoms with Crippen LogP contribution in [0.15, 0.2) is 29.1 Å². The number of benzene rings is 1. The van der Waals surface area contributed by atoms with E-state index in [2.05, 4.69) is 5.10 Å². The van der Waals surface area contributed by atoms with Gasteiger partial charge in [-0.05, 0) is 18.6 Å². The van der Waals surface area contributed by atoms with Gasteiger partial charge in [0.1, 0.15) is 5.56 Å². The first-order valence-corrected chi connectivity index (χ1v) is 4.85. The molecule has 1 heterocycles. The first kappa shape index (κ1) is 10.5. The topological polar surface area (TPSA) is 78.2 Å². The molecule has 0 saturated carbocycles. The zero-order valence-electron chi connectivity index (χ0n) is 8.77. The Balaban J connectivity index is 2.66. The van der Waals surface area contributed by atoms with Crippen LogP contribution in [0.3, 0.4) is 0 Å². The van der Waals surface area contributed by atoms with Crippen LogP contribution in [0.4, 0.5) is 0 Å². The molecule has 1 aromatic heterocycles. The van der Waals surface area contributed by atoms with Crippen molar-refractivity contribution in [3.8, 4) is 11.6 Å². The van der Waals surface area contributed by atoms with Gasteiger partial charge in [0.05, 0.1) is 12.3 Å². The van der Waals surface area contributed by atoms with Crippen molar-refractivity contribution >= 4 is 0 Å². The fourth-order valence-electron chi connectivity index (χ4n) is 1.59. The Bertz CT molecular complexity index is 569. The van der Waals surface area contributed by atoms with Crippen LogP contribution in [0, 0.1) is 6.92 Å². The average Bonchev–Trinajstić information content (AvgIpc) is 2.55. The van der Waals surface area contributed by atoms with Crippen LogP contribution >= 0.6 is 0 Å². The van der Waals surface area contributed by atoms with Gasteiger partial charge in [-0.1, -0.05) is 18.2 Å². The molecular formula is C11H12N2O3. The van der Waals surface area contributed by atoms with E-state index in [1.54, 1.807) is 12.1 Å². The number of aromatic hydroxyl groups is 1.